The fraction of sp³-hybridized carbons (Fsp3) is 0.538. The molecular formula is C13H20N4O. The van der Waals surface area contributed by atoms with E-state index < -0.39 is 0 Å². The molecule has 1 aromatic rings. The molecule has 5 heteroatoms. The predicted molar refractivity (Wildman–Crippen MR) is 69.6 cm³/mol. The van der Waals surface area contributed by atoms with Gasteiger partial charge in [-0.15, -0.1) is 0 Å². The second-order valence-electron chi connectivity index (χ2n) is 4.95. The molecule has 1 aliphatic rings. The fourth-order valence-electron chi connectivity index (χ4n) is 2.22. The van der Waals surface area contributed by atoms with Gasteiger partial charge in [-0.1, -0.05) is 13.0 Å². The van der Waals surface area contributed by atoms with Gasteiger partial charge in [0.25, 0.3) is 5.91 Å². The third kappa shape index (κ3) is 3.27. The van der Waals surface area contributed by atoms with Crippen molar-refractivity contribution in [3.05, 3.63) is 29.6 Å². The Labute approximate surface area is 107 Å². The highest BCUT2D eigenvalue weighted by molar-refractivity contribution is 5.91. The average molecular weight is 248 g/mol. The number of hydrazine groups is 1. The van der Waals surface area contributed by atoms with E-state index in [0.29, 0.717) is 5.69 Å². The number of carbonyl (C=O) groups excluding carboxylic acids is 1. The number of amides is 1. The van der Waals surface area contributed by atoms with Crippen LogP contribution in [0.1, 0.15) is 35.9 Å². The first-order valence-electron chi connectivity index (χ1n) is 6.38. The molecule has 0 aromatic carbocycles. The van der Waals surface area contributed by atoms with Crippen LogP contribution in [-0.4, -0.2) is 28.9 Å². The van der Waals surface area contributed by atoms with Crippen molar-refractivity contribution in [2.24, 2.45) is 11.8 Å². The van der Waals surface area contributed by atoms with Crippen LogP contribution in [0, 0.1) is 5.92 Å². The van der Waals surface area contributed by atoms with Crippen LogP contribution in [0.5, 0.6) is 0 Å². The number of piperidine rings is 1. The molecule has 0 radical (unpaired) electrons. The third-order valence-electron chi connectivity index (χ3n) is 3.43. The Morgan fingerprint density at radius 2 is 2.22 bits per heavy atom. The Hall–Kier alpha value is -1.46. The molecule has 1 fully saturated rings. The number of aromatic nitrogens is 1. The van der Waals surface area contributed by atoms with Crippen molar-refractivity contribution >= 4 is 5.91 Å². The van der Waals surface area contributed by atoms with Crippen molar-refractivity contribution in [2.75, 3.05) is 13.1 Å². The number of rotatable bonds is 3. The number of hydrogen-bond donors (Lipinski definition) is 2. The molecular weight excluding hydrogens is 228 g/mol. The van der Waals surface area contributed by atoms with E-state index in [4.69, 9.17) is 5.84 Å². The smallest absolute Gasteiger partial charge is 0.283 e. The van der Waals surface area contributed by atoms with Gasteiger partial charge in [0.1, 0.15) is 5.69 Å². The largest absolute Gasteiger partial charge is 0.297 e. The van der Waals surface area contributed by atoms with Crippen LogP contribution in [0.25, 0.3) is 0 Å². The first-order chi connectivity index (χ1) is 8.69. The Kier molecular flexibility index (Phi) is 4.28. The van der Waals surface area contributed by atoms with Crippen LogP contribution in [0.15, 0.2) is 18.2 Å². The van der Waals surface area contributed by atoms with Crippen molar-refractivity contribution in [3.8, 4) is 0 Å². The summed E-state index contributed by atoms with van der Waals surface area (Å²) in [6.45, 7) is 5.31. The summed E-state index contributed by atoms with van der Waals surface area (Å²) in [6, 6.07) is 5.47. The molecule has 1 aliphatic heterocycles. The summed E-state index contributed by atoms with van der Waals surface area (Å²) in [4.78, 5) is 18.1. The molecule has 2 heterocycles. The lowest BCUT2D eigenvalue weighted by atomic mass is 9.99. The van der Waals surface area contributed by atoms with Crippen molar-refractivity contribution in [1.29, 1.82) is 0 Å². The van der Waals surface area contributed by atoms with Crippen LogP contribution < -0.4 is 11.3 Å². The summed E-state index contributed by atoms with van der Waals surface area (Å²) in [6.07, 6.45) is 2.48. The minimum Gasteiger partial charge on any atom is -0.297 e. The molecule has 0 spiro atoms. The van der Waals surface area contributed by atoms with Crippen LogP contribution in [0.4, 0.5) is 0 Å². The number of nitrogens with zero attached hydrogens (tertiary/aromatic N) is 2. The number of nitrogen functional groups attached to an aromatic ring is 1. The Morgan fingerprint density at radius 1 is 1.50 bits per heavy atom. The van der Waals surface area contributed by atoms with E-state index in [2.05, 4.69) is 22.2 Å². The van der Waals surface area contributed by atoms with Gasteiger partial charge < -0.3 is 0 Å². The van der Waals surface area contributed by atoms with Crippen molar-refractivity contribution in [2.45, 2.75) is 26.3 Å². The lowest BCUT2D eigenvalue weighted by Crippen LogP contribution is -2.33. The minimum absolute atomic E-state index is 0.343. The van der Waals surface area contributed by atoms with Gasteiger partial charge in [-0.05, 0) is 44.0 Å². The first kappa shape index (κ1) is 13.0. The molecule has 2 rings (SSSR count). The third-order valence-corrected chi connectivity index (χ3v) is 3.43. The van der Waals surface area contributed by atoms with Gasteiger partial charge in [-0.3, -0.25) is 15.1 Å². The molecule has 0 bridgehead atoms. The monoisotopic (exact) mass is 248 g/mol. The Bertz CT molecular complexity index is 413. The molecule has 0 saturated carbocycles. The number of carbonyl (C=O) groups is 1. The quantitative estimate of drug-likeness (QED) is 0.474. The van der Waals surface area contributed by atoms with Crippen LogP contribution in [0.3, 0.4) is 0 Å². The highest BCUT2D eigenvalue weighted by Crippen LogP contribution is 2.17. The maximum Gasteiger partial charge on any atom is 0.283 e. The second-order valence-corrected chi connectivity index (χ2v) is 4.95. The summed E-state index contributed by atoms with van der Waals surface area (Å²) < 4.78 is 0. The van der Waals surface area contributed by atoms with E-state index in [1.54, 1.807) is 6.07 Å². The van der Waals surface area contributed by atoms with Crippen LogP contribution in [0.2, 0.25) is 0 Å². The number of hydrogen-bond acceptors (Lipinski definition) is 4. The standard InChI is InChI=1S/C13H20N4O/c1-10-5-7-17(8-6-10)9-11-3-2-4-12(15-11)13(18)16-14/h2-4,10H,5-9,14H2,1H3,(H,16,18). The fourth-order valence-corrected chi connectivity index (χ4v) is 2.22. The lowest BCUT2D eigenvalue weighted by molar-refractivity contribution is 0.0948. The SMILES string of the molecule is CC1CCN(Cc2cccc(C(=O)NN)n2)CC1. The molecule has 1 amide bonds. The minimum atomic E-state index is -0.343. The molecule has 0 aliphatic carbocycles. The highest BCUT2D eigenvalue weighted by Gasteiger charge is 2.16. The van der Waals surface area contributed by atoms with Gasteiger partial charge in [0.2, 0.25) is 0 Å². The number of nitrogens with one attached hydrogen (secondary N) is 1. The van der Waals surface area contributed by atoms with Gasteiger partial charge in [0.15, 0.2) is 0 Å². The summed E-state index contributed by atoms with van der Waals surface area (Å²) in [5.74, 6) is 5.58. The Morgan fingerprint density at radius 3 is 2.89 bits per heavy atom. The van der Waals surface area contributed by atoms with Gasteiger partial charge in [-0.2, -0.15) is 0 Å². The zero-order valence-corrected chi connectivity index (χ0v) is 10.7. The average Bonchev–Trinajstić information content (AvgIpc) is 2.41. The molecule has 18 heavy (non-hydrogen) atoms. The van der Waals surface area contributed by atoms with Crippen LogP contribution >= 0.6 is 0 Å². The van der Waals surface area contributed by atoms with E-state index in [0.717, 1.165) is 31.2 Å². The summed E-state index contributed by atoms with van der Waals surface area (Å²) in [7, 11) is 0. The molecule has 0 atom stereocenters. The molecule has 1 saturated heterocycles. The maximum absolute atomic E-state index is 11.4. The lowest BCUT2D eigenvalue weighted by Gasteiger charge is -2.29. The van der Waals surface area contributed by atoms with Gasteiger partial charge in [-0.25, -0.2) is 10.8 Å². The molecule has 5 nitrogen and oxygen atoms in total. The normalized spacial score (nSPS) is 17.7. The molecule has 0 unspecified atom stereocenters. The van der Waals surface area contributed by atoms with Crippen LogP contribution in [-0.2, 0) is 6.54 Å². The van der Waals surface area contributed by atoms with Crippen molar-refractivity contribution in [3.63, 3.8) is 0 Å². The summed E-state index contributed by atoms with van der Waals surface area (Å²) in [5, 5.41) is 0. The van der Waals surface area contributed by atoms with E-state index in [1.807, 2.05) is 12.1 Å². The van der Waals surface area contributed by atoms with Gasteiger partial charge in [0.05, 0.1) is 5.69 Å². The maximum atomic E-state index is 11.4. The van der Waals surface area contributed by atoms with E-state index in [1.165, 1.54) is 12.8 Å². The topological polar surface area (TPSA) is 71.2 Å². The summed E-state index contributed by atoms with van der Waals surface area (Å²) in [5.41, 5.74) is 3.40. The molecule has 1 aromatic heterocycles. The van der Waals surface area contributed by atoms with Gasteiger partial charge >= 0.3 is 0 Å². The molecule has 98 valence electrons. The predicted octanol–water partition coefficient (Wildman–Crippen LogP) is 0.917. The van der Waals surface area contributed by atoms with E-state index >= 15 is 0 Å². The number of pyridine rings is 1. The van der Waals surface area contributed by atoms with E-state index in [9.17, 15) is 4.79 Å². The van der Waals surface area contributed by atoms with Crippen molar-refractivity contribution < 1.29 is 4.79 Å². The van der Waals surface area contributed by atoms with Gasteiger partial charge in [0, 0.05) is 6.54 Å². The number of likely N-dealkylation sites (tertiary alicyclic amines) is 1. The second kappa shape index (κ2) is 5.93. The number of nitrogens with two attached hydrogens (primary N) is 1. The van der Waals surface area contributed by atoms with E-state index in [-0.39, 0.29) is 5.91 Å². The Balaban J connectivity index is 1.99. The van der Waals surface area contributed by atoms with Crippen molar-refractivity contribution in [1.82, 2.24) is 15.3 Å². The highest BCUT2D eigenvalue weighted by atomic mass is 16.2. The zero-order valence-electron chi connectivity index (χ0n) is 10.7. The molecule has 3 N–H and O–H groups in total. The first-order valence-corrected chi connectivity index (χ1v) is 6.38. The zero-order chi connectivity index (χ0) is 13.0. The summed E-state index contributed by atoms with van der Waals surface area (Å²) >= 11 is 0.